The number of nitrogens with two attached hydrogens (primary N) is 1. The molecule has 0 spiro atoms. The second-order valence-electron chi connectivity index (χ2n) is 10.8. The Balaban J connectivity index is 1.31. The van der Waals surface area contributed by atoms with Crippen LogP contribution in [0.4, 0.5) is 9.93 Å². The Morgan fingerprint density at radius 2 is 2.00 bits per heavy atom. The standard InChI is InChI=1S/C29H33N9O3S/c1-18(2)38(29(41)32-12-19-7-4-3-5-8-19)36-16-25(39)37-22(11-21-13-31-17-33-21)27(40)35(15-24(36)37)14-20-9-6-10-23-26(20)34-28(30)42-23/h3-10,13,17-18,22,24H,11-12,14-16H2,1-2H3,(H2,30,34)(H,31,33)(H,32,41)/t22-,24+/m0/s1. The third-order valence-corrected chi connectivity index (χ3v) is 8.53. The summed E-state index contributed by atoms with van der Waals surface area (Å²) in [6, 6.07) is 14.2. The van der Waals surface area contributed by atoms with Crippen LogP contribution in [0.15, 0.2) is 61.1 Å². The normalized spacial score (nSPS) is 19.1. The molecule has 2 atom stereocenters. The molecule has 0 saturated carbocycles. The molecular weight excluding hydrogens is 554 g/mol. The summed E-state index contributed by atoms with van der Waals surface area (Å²) in [5.74, 6) is -0.366. The Morgan fingerprint density at radius 3 is 2.74 bits per heavy atom. The third kappa shape index (κ3) is 5.28. The first-order valence-electron chi connectivity index (χ1n) is 13.9. The summed E-state index contributed by atoms with van der Waals surface area (Å²) in [4.78, 5) is 56.3. The second kappa shape index (κ2) is 11.4. The minimum atomic E-state index is -0.761. The molecule has 12 nitrogen and oxygen atoms in total. The summed E-state index contributed by atoms with van der Waals surface area (Å²) in [7, 11) is 0. The van der Waals surface area contributed by atoms with Crippen molar-refractivity contribution in [3.63, 3.8) is 0 Å². The van der Waals surface area contributed by atoms with Crippen molar-refractivity contribution < 1.29 is 14.4 Å². The Hall–Kier alpha value is -4.49. The molecule has 2 aromatic heterocycles. The van der Waals surface area contributed by atoms with E-state index in [2.05, 4.69) is 20.3 Å². The number of thiazole rings is 1. The van der Waals surface area contributed by atoms with Crippen molar-refractivity contribution in [3.8, 4) is 0 Å². The van der Waals surface area contributed by atoms with Gasteiger partial charge in [0.2, 0.25) is 11.8 Å². The van der Waals surface area contributed by atoms with Crippen LogP contribution in [0.3, 0.4) is 0 Å². The van der Waals surface area contributed by atoms with Gasteiger partial charge >= 0.3 is 6.03 Å². The fraction of sp³-hybridized carbons (Fsp3) is 0.345. The van der Waals surface area contributed by atoms with Gasteiger partial charge in [-0.3, -0.25) is 14.6 Å². The molecule has 2 saturated heterocycles. The van der Waals surface area contributed by atoms with E-state index in [9.17, 15) is 14.4 Å². The van der Waals surface area contributed by atoms with E-state index < -0.39 is 12.2 Å². The number of hydrogen-bond donors (Lipinski definition) is 3. The molecule has 42 heavy (non-hydrogen) atoms. The molecule has 2 aromatic carbocycles. The van der Waals surface area contributed by atoms with Crippen molar-refractivity contribution in [1.29, 1.82) is 0 Å². The van der Waals surface area contributed by atoms with Gasteiger partial charge in [0.15, 0.2) is 5.13 Å². The summed E-state index contributed by atoms with van der Waals surface area (Å²) < 4.78 is 0.948. The van der Waals surface area contributed by atoms with Gasteiger partial charge in [-0.1, -0.05) is 53.8 Å². The SMILES string of the molecule is CC(C)N(C(=O)NCc1ccccc1)N1CC(=O)N2[C@@H](Cc3cnc[nH]3)C(=O)N(Cc3cccc4sc(N)nc34)C[C@@H]21. The van der Waals surface area contributed by atoms with E-state index in [4.69, 9.17) is 5.73 Å². The Labute approximate surface area is 247 Å². The van der Waals surface area contributed by atoms with E-state index >= 15 is 0 Å². The maximum Gasteiger partial charge on any atom is 0.332 e. The summed E-state index contributed by atoms with van der Waals surface area (Å²) in [5.41, 5.74) is 9.36. The number of hydrazine groups is 1. The smallest absolute Gasteiger partial charge is 0.332 e. The number of benzene rings is 2. The molecule has 4 aromatic rings. The number of H-pyrrole nitrogens is 1. The molecule has 0 unspecified atom stereocenters. The lowest BCUT2D eigenvalue weighted by Crippen LogP contribution is -2.66. The molecule has 0 bridgehead atoms. The highest BCUT2D eigenvalue weighted by Crippen LogP contribution is 2.32. The molecule has 0 radical (unpaired) electrons. The van der Waals surface area contributed by atoms with Crippen LogP contribution >= 0.6 is 11.3 Å². The quantitative estimate of drug-likeness (QED) is 0.287. The number of hydrogen-bond acceptors (Lipinski definition) is 8. The average Bonchev–Trinajstić information content (AvgIpc) is 3.69. The molecular formula is C29H33N9O3S. The van der Waals surface area contributed by atoms with E-state index in [1.165, 1.54) is 11.3 Å². The van der Waals surface area contributed by atoms with Crippen LogP contribution in [0.5, 0.6) is 0 Å². The fourth-order valence-corrected chi connectivity index (χ4v) is 6.61. The summed E-state index contributed by atoms with van der Waals surface area (Å²) >= 11 is 1.40. The highest BCUT2D eigenvalue weighted by Gasteiger charge is 2.52. The second-order valence-corrected chi connectivity index (χ2v) is 11.9. The fourth-order valence-electron chi connectivity index (χ4n) is 5.83. The monoisotopic (exact) mass is 587 g/mol. The predicted octanol–water partition coefficient (Wildman–Crippen LogP) is 2.56. The van der Waals surface area contributed by atoms with E-state index in [0.29, 0.717) is 18.2 Å². The Bertz CT molecular complexity index is 1590. The molecule has 6 rings (SSSR count). The van der Waals surface area contributed by atoms with Gasteiger partial charge in [0.25, 0.3) is 0 Å². The van der Waals surface area contributed by atoms with Crippen LogP contribution in [0.2, 0.25) is 0 Å². The summed E-state index contributed by atoms with van der Waals surface area (Å²) in [5, 5.41) is 6.87. The van der Waals surface area contributed by atoms with Crippen molar-refractivity contribution in [2.75, 3.05) is 18.8 Å². The molecule has 2 aliphatic rings. The number of carbonyl (C=O) groups is 3. The van der Waals surface area contributed by atoms with E-state index in [1.54, 1.807) is 32.3 Å². The van der Waals surface area contributed by atoms with Crippen LogP contribution in [0.1, 0.15) is 30.7 Å². The van der Waals surface area contributed by atoms with Crippen LogP contribution in [0.25, 0.3) is 10.2 Å². The topological polar surface area (TPSA) is 144 Å². The highest BCUT2D eigenvalue weighted by atomic mass is 32.1. The van der Waals surface area contributed by atoms with Gasteiger partial charge in [0.1, 0.15) is 12.2 Å². The van der Waals surface area contributed by atoms with Crippen molar-refractivity contribution >= 4 is 44.5 Å². The number of amides is 4. The van der Waals surface area contributed by atoms with E-state index in [-0.39, 0.29) is 43.4 Å². The lowest BCUT2D eigenvalue weighted by molar-refractivity contribution is -0.158. The molecule has 4 amide bonds. The minimum Gasteiger partial charge on any atom is -0.375 e. The van der Waals surface area contributed by atoms with Crippen molar-refractivity contribution in [2.24, 2.45) is 0 Å². The molecule has 2 aliphatic heterocycles. The van der Waals surface area contributed by atoms with Gasteiger partial charge < -0.3 is 25.8 Å². The first-order chi connectivity index (χ1) is 20.3. The first kappa shape index (κ1) is 27.7. The van der Waals surface area contributed by atoms with Gasteiger partial charge in [-0.2, -0.15) is 5.01 Å². The zero-order valence-corrected chi connectivity index (χ0v) is 24.3. The highest BCUT2D eigenvalue weighted by molar-refractivity contribution is 7.22. The van der Waals surface area contributed by atoms with Gasteiger partial charge in [-0.05, 0) is 31.0 Å². The van der Waals surface area contributed by atoms with E-state index in [0.717, 1.165) is 27.0 Å². The van der Waals surface area contributed by atoms with Gasteiger partial charge in [-0.15, -0.1) is 0 Å². The van der Waals surface area contributed by atoms with Crippen molar-refractivity contribution in [2.45, 2.75) is 51.6 Å². The number of piperazine rings is 1. The van der Waals surface area contributed by atoms with Crippen LogP contribution in [-0.2, 0) is 29.1 Å². The van der Waals surface area contributed by atoms with Crippen LogP contribution in [-0.4, -0.2) is 84.0 Å². The molecule has 4 heterocycles. The number of anilines is 1. The largest absolute Gasteiger partial charge is 0.375 e. The average molecular weight is 588 g/mol. The van der Waals surface area contributed by atoms with Gasteiger partial charge in [-0.25, -0.2) is 14.8 Å². The Kier molecular flexibility index (Phi) is 7.52. The summed E-state index contributed by atoms with van der Waals surface area (Å²) in [6.45, 7) is 4.70. The minimum absolute atomic E-state index is 0.0135. The number of para-hydroxylation sites is 1. The molecule has 218 valence electrons. The lowest BCUT2D eigenvalue weighted by Gasteiger charge is -2.47. The third-order valence-electron chi connectivity index (χ3n) is 7.68. The molecule has 4 N–H and O–H groups in total. The number of imidazole rings is 1. The first-order valence-corrected chi connectivity index (χ1v) is 14.7. The number of rotatable bonds is 8. The number of nitrogen functional groups attached to an aromatic ring is 1. The number of nitrogens with one attached hydrogen (secondary N) is 2. The molecule has 2 fully saturated rings. The number of aromatic amines is 1. The number of carbonyl (C=O) groups excluding carboxylic acids is 3. The zero-order chi connectivity index (χ0) is 29.4. The van der Waals surface area contributed by atoms with Crippen LogP contribution < -0.4 is 11.1 Å². The summed E-state index contributed by atoms with van der Waals surface area (Å²) in [6.07, 6.45) is 2.96. The van der Waals surface area contributed by atoms with Gasteiger partial charge in [0.05, 0.1) is 29.6 Å². The number of aromatic nitrogens is 3. The maximum atomic E-state index is 14.0. The number of fused-ring (bicyclic) bond motifs is 2. The van der Waals surface area contributed by atoms with E-state index in [1.807, 2.05) is 62.4 Å². The number of nitrogens with zero attached hydrogens (tertiary/aromatic N) is 6. The zero-order valence-electron chi connectivity index (χ0n) is 23.4. The molecule has 0 aliphatic carbocycles. The van der Waals surface area contributed by atoms with Crippen molar-refractivity contribution in [1.82, 2.24) is 40.1 Å². The maximum absolute atomic E-state index is 14.0. The van der Waals surface area contributed by atoms with Crippen LogP contribution in [0, 0.1) is 0 Å². The number of urea groups is 1. The Morgan fingerprint density at radius 1 is 1.19 bits per heavy atom. The molecule has 13 heteroatoms. The predicted molar refractivity (Wildman–Crippen MR) is 159 cm³/mol. The van der Waals surface area contributed by atoms with Gasteiger partial charge in [0, 0.05) is 37.4 Å². The van der Waals surface area contributed by atoms with Crippen molar-refractivity contribution in [3.05, 3.63) is 77.9 Å². The lowest BCUT2D eigenvalue weighted by atomic mass is 10.0.